The van der Waals surface area contributed by atoms with Crippen molar-refractivity contribution in [3.05, 3.63) is 222 Å². The molecule has 8 aromatic carbocycles. The summed E-state index contributed by atoms with van der Waals surface area (Å²) >= 11 is 0. The van der Waals surface area contributed by atoms with Gasteiger partial charge in [0.1, 0.15) is 11.5 Å². The maximum atomic E-state index is 6.70. The Labute approximate surface area is 325 Å². The molecule has 0 saturated carbocycles. The summed E-state index contributed by atoms with van der Waals surface area (Å²) in [5, 5.41) is 0. The summed E-state index contributed by atoms with van der Waals surface area (Å²) in [6.07, 6.45) is 0. The van der Waals surface area contributed by atoms with Gasteiger partial charge in [-0.1, -0.05) is 170 Å². The second-order valence-corrected chi connectivity index (χ2v) is 14.4. The van der Waals surface area contributed by atoms with Gasteiger partial charge in [0.25, 0.3) is 0 Å². The highest BCUT2D eigenvalue weighted by atomic mass is 16.5. The average molecular weight is 716 g/mol. The number of benzene rings is 8. The van der Waals surface area contributed by atoms with Gasteiger partial charge in [0, 0.05) is 27.8 Å². The Morgan fingerprint density at radius 2 is 0.714 bits per heavy atom. The number of fused-ring (bicyclic) bond motifs is 9. The molecule has 0 unspecified atom stereocenters. The molecule has 0 radical (unpaired) electrons. The Morgan fingerprint density at radius 1 is 0.286 bits per heavy atom. The number of nitrogens with zero attached hydrogens (tertiary/aromatic N) is 3. The SMILES string of the molecule is c1ccc(-c2cccc(-c3nc(-c4ccccc4)nc(-c4cccc(-c5ccc6c(c5)C5(c7ccccc7O6)c6ccccc6-c6ccccc65)c4)n3)c2)cc1. The largest absolute Gasteiger partial charge is 0.457 e. The molecule has 1 aliphatic carbocycles. The van der Waals surface area contributed by atoms with Gasteiger partial charge < -0.3 is 4.74 Å². The minimum absolute atomic E-state index is 0.535. The van der Waals surface area contributed by atoms with Crippen LogP contribution in [-0.2, 0) is 5.41 Å². The molecule has 56 heavy (non-hydrogen) atoms. The van der Waals surface area contributed by atoms with Crippen molar-refractivity contribution in [3.8, 4) is 79.0 Å². The number of para-hydroxylation sites is 1. The zero-order chi connectivity index (χ0) is 37.1. The number of aromatic nitrogens is 3. The topological polar surface area (TPSA) is 47.9 Å². The monoisotopic (exact) mass is 715 g/mol. The van der Waals surface area contributed by atoms with E-state index in [-0.39, 0.29) is 0 Å². The molecule has 0 bridgehead atoms. The van der Waals surface area contributed by atoms with Crippen LogP contribution in [0.25, 0.3) is 67.5 Å². The average Bonchev–Trinajstić information content (AvgIpc) is 3.57. The summed E-state index contributed by atoms with van der Waals surface area (Å²) in [7, 11) is 0. The van der Waals surface area contributed by atoms with Crippen molar-refractivity contribution in [2.75, 3.05) is 0 Å². The number of hydrogen-bond acceptors (Lipinski definition) is 4. The molecule has 0 atom stereocenters. The predicted octanol–water partition coefficient (Wildman–Crippen LogP) is 12.7. The standard InChI is InChI=1S/C52H33N3O/c1-3-15-34(16-4-1)36-19-13-21-39(31-36)50-53-49(35-17-5-2-6-18-35)54-51(55-50)40-22-14-20-37(32-40)38-29-30-48-46(33-38)52(45-27-11-12-28-47(45)56-48)43-25-9-7-23-41(43)42-24-8-10-26-44(42)52/h1-33H. The summed E-state index contributed by atoms with van der Waals surface area (Å²) in [6, 6.07) is 70.2. The van der Waals surface area contributed by atoms with Crippen LogP contribution in [0.5, 0.6) is 11.5 Å². The van der Waals surface area contributed by atoms with Gasteiger partial charge >= 0.3 is 0 Å². The number of rotatable bonds is 5. The fourth-order valence-corrected chi connectivity index (χ4v) is 8.69. The van der Waals surface area contributed by atoms with Crippen molar-refractivity contribution in [2.24, 2.45) is 0 Å². The van der Waals surface area contributed by atoms with E-state index in [4.69, 9.17) is 19.7 Å². The van der Waals surface area contributed by atoms with Crippen LogP contribution in [0, 0.1) is 0 Å². The molecule has 9 aromatic rings. The second kappa shape index (κ2) is 12.9. The quantitative estimate of drug-likeness (QED) is 0.178. The smallest absolute Gasteiger partial charge is 0.164 e. The van der Waals surface area contributed by atoms with Gasteiger partial charge in [-0.3, -0.25) is 0 Å². The number of hydrogen-bond donors (Lipinski definition) is 0. The van der Waals surface area contributed by atoms with E-state index in [2.05, 4.69) is 164 Å². The van der Waals surface area contributed by atoms with Gasteiger partial charge in [-0.05, 0) is 74.8 Å². The molecule has 262 valence electrons. The van der Waals surface area contributed by atoms with Gasteiger partial charge in [-0.25, -0.2) is 15.0 Å². The van der Waals surface area contributed by atoms with Crippen LogP contribution in [0.4, 0.5) is 0 Å². The van der Waals surface area contributed by atoms with Crippen LogP contribution in [-0.4, -0.2) is 15.0 Å². The van der Waals surface area contributed by atoms with Crippen molar-refractivity contribution < 1.29 is 4.74 Å². The van der Waals surface area contributed by atoms with Gasteiger partial charge in [0.05, 0.1) is 5.41 Å². The lowest BCUT2D eigenvalue weighted by Crippen LogP contribution is -2.32. The van der Waals surface area contributed by atoms with E-state index in [0.717, 1.165) is 61.6 Å². The molecule has 0 fully saturated rings. The molecule has 2 aliphatic rings. The first-order chi connectivity index (χ1) is 27.7. The van der Waals surface area contributed by atoms with E-state index in [1.54, 1.807) is 0 Å². The van der Waals surface area contributed by atoms with Crippen molar-refractivity contribution in [2.45, 2.75) is 5.41 Å². The Morgan fingerprint density at radius 3 is 1.34 bits per heavy atom. The molecule has 1 spiro atoms. The highest BCUT2D eigenvalue weighted by Crippen LogP contribution is 2.62. The Balaban J connectivity index is 1.07. The molecule has 0 amide bonds. The van der Waals surface area contributed by atoms with E-state index in [0.29, 0.717) is 17.5 Å². The maximum Gasteiger partial charge on any atom is 0.164 e. The summed E-state index contributed by atoms with van der Waals surface area (Å²) in [5.74, 6) is 3.62. The van der Waals surface area contributed by atoms with Crippen LogP contribution >= 0.6 is 0 Å². The van der Waals surface area contributed by atoms with Crippen LogP contribution in [0.2, 0.25) is 0 Å². The molecule has 1 aromatic heterocycles. The molecule has 0 saturated heterocycles. The first kappa shape index (κ1) is 32.0. The van der Waals surface area contributed by atoms with E-state index >= 15 is 0 Å². The van der Waals surface area contributed by atoms with Crippen molar-refractivity contribution in [3.63, 3.8) is 0 Å². The highest BCUT2D eigenvalue weighted by Gasteiger charge is 2.51. The normalized spacial score (nSPS) is 12.9. The Hall–Kier alpha value is -7.43. The molecule has 4 heteroatoms. The van der Waals surface area contributed by atoms with Crippen LogP contribution in [0.1, 0.15) is 22.3 Å². The van der Waals surface area contributed by atoms with Crippen molar-refractivity contribution in [1.82, 2.24) is 15.0 Å². The fourth-order valence-electron chi connectivity index (χ4n) is 8.69. The molecule has 0 N–H and O–H groups in total. The molecular formula is C52H33N3O. The summed E-state index contributed by atoms with van der Waals surface area (Å²) in [4.78, 5) is 15.2. The summed E-state index contributed by atoms with van der Waals surface area (Å²) < 4.78 is 6.70. The van der Waals surface area contributed by atoms with E-state index in [1.165, 1.54) is 22.3 Å². The van der Waals surface area contributed by atoms with E-state index in [9.17, 15) is 0 Å². The van der Waals surface area contributed by atoms with Gasteiger partial charge in [-0.15, -0.1) is 0 Å². The molecular weight excluding hydrogens is 683 g/mol. The molecule has 4 nitrogen and oxygen atoms in total. The maximum absolute atomic E-state index is 6.70. The van der Waals surface area contributed by atoms with E-state index < -0.39 is 5.41 Å². The Bertz CT molecular complexity index is 2910. The van der Waals surface area contributed by atoms with Crippen molar-refractivity contribution >= 4 is 0 Å². The van der Waals surface area contributed by atoms with Crippen LogP contribution in [0.3, 0.4) is 0 Å². The lowest BCUT2D eigenvalue weighted by atomic mass is 9.66. The number of ether oxygens (including phenoxy) is 1. The third kappa shape index (κ3) is 5.04. The lowest BCUT2D eigenvalue weighted by molar-refractivity contribution is 0.436. The van der Waals surface area contributed by atoms with Gasteiger partial charge in [-0.2, -0.15) is 0 Å². The van der Waals surface area contributed by atoms with Crippen LogP contribution in [0.15, 0.2) is 200 Å². The molecule has 1 aliphatic heterocycles. The third-order valence-electron chi connectivity index (χ3n) is 11.2. The van der Waals surface area contributed by atoms with Gasteiger partial charge in [0.15, 0.2) is 17.5 Å². The molecule has 2 heterocycles. The zero-order valence-electron chi connectivity index (χ0n) is 30.3. The Kier molecular flexibility index (Phi) is 7.36. The van der Waals surface area contributed by atoms with Gasteiger partial charge in [0.2, 0.25) is 0 Å². The minimum atomic E-state index is -0.535. The highest BCUT2D eigenvalue weighted by molar-refractivity contribution is 5.89. The predicted molar refractivity (Wildman–Crippen MR) is 224 cm³/mol. The third-order valence-corrected chi connectivity index (χ3v) is 11.2. The van der Waals surface area contributed by atoms with E-state index in [1.807, 2.05) is 36.4 Å². The zero-order valence-corrected chi connectivity index (χ0v) is 30.3. The first-order valence-electron chi connectivity index (χ1n) is 18.9. The summed E-state index contributed by atoms with van der Waals surface area (Å²) in [5.41, 5.74) is 14.0. The lowest BCUT2D eigenvalue weighted by Gasteiger charge is -2.39. The minimum Gasteiger partial charge on any atom is -0.457 e. The summed E-state index contributed by atoms with van der Waals surface area (Å²) in [6.45, 7) is 0. The molecule has 11 rings (SSSR count). The first-order valence-corrected chi connectivity index (χ1v) is 18.9. The fraction of sp³-hybridized carbons (Fsp3) is 0.0192. The van der Waals surface area contributed by atoms with Crippen molar-refractivity contribution in [1.29, 1.82) is 0 Å². The van der Waals surface area contributed by atoms with Crippen LogP contribution < -0.4 is 4.74 Å². The second-order valence-electron chi connectivity index (χ2n) is 14.4.